The number of carbonyl (C=O) groups is 3. The number of rotatable bonds is 53. The van der Waals surface area contributed by atoms with Gasteiger partial charge in [0, 0.05) is 19.3 Å². The highest BCUT2D eigenvalue weighted by molar-refractivity contribution is 5.71. The summed E-state index contributed by atoms with van der Waals surface area (Å²) < 4.78 is 16.8. The first-order valence-corrected chi connectivity index (χ1v) is 29.3. The molecule has 1 atom stereocenters. The summed E-state index contributed by atoms with van der Waals surface area (Å²) in [6.45, 7) is 6.52. The fourth-order valence-corrected chi connectivity index (χ4v) is 8.41. The van der Waals surface area contributed by atoms with Crippen molar-refractivity contribution in [3.05, 3.63) is 60.8 Å². The van der Waals surface area contributed by atoms with Crippen molar-refractivity contribution in [1.82, 2.24) is 0 Å². The Kier molecular flexibility index (Phi) is 54.3. The van der Waals surface area contributed by atoms with Gasteiger partial charge in [0.1, 0.15) is 13.2 Å². The van der Waals surface area contributed by atoms with Crippen LogP contribution in [0.4, 0.5) is 0 Å². The molecule has 0 saturated carbocycles. The Morgan fingerprint density at radius 2 is 0.574 bits per heavy atom. The lowest BCUT2D eigenvalue weighted by Crippen LogP contribution is -2.30. The van der Waals surface area contributed by atoms with Gasteiger partial charge in [-0.25, -0.2) is 0 Å². The van der Waals surface area contributed by atoms with Crippen LogP contribution in [-0.2, 0) is 28.6 Å². The maximum atomic E-state index is 12.8. The second-order valence-electron chi connectivity index (χ2n) is 19.5. The minimum Gasteiger partial charge on any atom is -0.462 e. The lowest BCUT2D eigenvalue weighted by atomic mass is 10.0. The van der Waals surface area contributed by atoms with Crippen molar-refractivity contribution in [3.63, 3.8) is 0 Å². The molecule has 0 bridgehead atoms. The Balaban J connectivity index is 4.23. The zero-order valence-electron chi connectivity index (χ0n) is 45.1. The van der Waals surface area contributed by atoms with Gasteiger partial charge in [0.15, 0.2) is 6.10 Å². The van der Waals surface area contributed by atoms with Crippen molar-refractivity contribution in [2.24, 2.45) is 0 Å². The van der Waals surface area contributed by atoms with Gasteiger partial charge in [-0.05, 0) is 64.2 Å². The molecule has 0 N–H and O–H groups in total. The average Bonchev–Trinajstić information content (AvgIpc) is 3.34. The van der Waals surface area contributed by atoms with Gasteiger partial charge in [0.05, 0.1) is 0 Å². The number of unbranched alkanes of at least 4 members (excludes halogenated alkanes) is 32. The Morgan fingerprint density at radius 3 is 0.897 bits per heavy atom. The van der Waals surface area contributed by atoms with Crippen molar-refractivity contribution in [1.29, 1.82) is 0 Å². The number of esters is 3. The molecule has 6 heteroatoms. The summed E-state index contributed by atoms with van der Waals surface area (Å²) in [6.07, 6.45) is 70.8. The van der Waals surface area contributed by atoms with Crippen LogP contribution in [-0.4, -0.2) is 37.2 Å². The molecule has 0 rings (SSSR count). The molecule has 394 valence electrons. The maximum Gasteiger partial charge on any atom is 0.306 e. The summed E-state index contributed by atoms with van der Waals surface area (Å²) in [5, 5.41) is 0. The predicted molar refractivity (Wildman–Crippen MR) is 293 cm³/mol. The van der Waals surface area contributed by atoms with Crippen LogP contribution in [0.1, 0.15) is 297 Å². The van der Waals surface area contributed by atoms with E-state index in [1.807, 2.05) is 0 Å². The van der Waals surface area contributed by atoms with E-state index in [1.165, 1.54) is 161 Å². The predicted octanol–water partition coefficient (Wildman–Crippen LogP) is 19.6. The van der Waals surface area contributed by atoms with Crippen LogP contribution in [0.25, 0.3) is 0 Å². The molecule has 68 heavy (non-hydrogen) atoms. The first-order valence-electron chi connectivity index (χ1n) is 29.3. The van der Waals surface area contributed by atoms with E-state index in [0.29, 0.717) is 19.3 Å². The van der Waals surface area contributed by atoms with Crippen LogP contribution in [0.15, 0.2) is 60.8 Å². The molecule has 0 aromatic rings. The third-order valence-corrected chi connectivity index (χ3v) is 12.8. The fraction of sp³-hybridized carbons (Fsp3) is 0.790. The van der Waals surface area contributed by atoms with Gasteiger partial charge < -0.3 is 14.2 Å². The van der Waals surface area contributed by atoms with Gasteiger partial charge in [0.25, 0.3) is 0 Å². The van der Waals surface area contributed by atoms with Gasteiger partial charge >= 0.3 is 17.9 Å². The molecular weight excluding hydrogens is 841 g/mol. The molecule has 0 aromatic carbocycles. The SMILES string of the molecule is CC/C=C\C/C=C\C/C=C\C/C=C\C/C=C\CCCCCCCCCC(=O)OCC(COC(=O)CCCCCCCCCC)OC(=O)CCCCCCCCCCCCCCCCCCCCC. The summed E-state index contributed by atoms with van der Waals surface area (Å²) in [4.78, 5) is 38.0. The quantitative estimate of drug-likeness (QED) is 0.0262. The van der Waals surface area contributed by atoms with Crippen LogP contribution in [0, 0.1) is 0 Å². The third-order valence-electron chi connectivity index (χ3n) is 12.8. The Labute approximate surface area is 421 Å². The molecule has 0 amide bonds. The summed E-state index contributed by atoms with van der Waals surface area (Å²) in [7, 11) is 0. The van der Waals surface area contributed by atoms with Gasteiger partial charge in [-0.1, -0.05) is 274 Å². The summed E-state index contributed by atoms with van der Waals surface area (Å²) in [5.74, 6) is -0.876. The summed E-state index contributed by atoms with van der Waals surface area (Å²) in [6, 6.07) is 0. The Morgan fingerprint density at radius 1 is 0.309 bits per heavy atom. The second-order valence-corrected chi connectivity index (χ2v) is 19.5. The van der Waals surface area contributed by atoms with Crippen molar-refractivity contribution >= 4 is 17.9 Å². The minimum atomic E-state index is -0.774. The van der Waals surface area contributed by atoms with Crippen molar-refractivity contribution in [2.75, 3.05) is 13.2 Å². The highest BCUT2D eigenvalue weighted by atomic mass is 16.6. The van der Waals surface area contributed by atoms with E-state index in [2.05, 4.69) is 81.5 Å². The highest BCUT2D eigenvalue weighted by Gasteiger charge is 2.19. The van der Waals surface area contributed by atoms with Crippen molar-refractivity contribution in [2.45, 2.75) is 303 Å². The zero-order chi connectivity index (χ0) is 49.3. The molecule has 6 nitrogen and oxygen atoms in total. The van der Waals surface area contributed by atoms with E-state index >= 15 is 0 Å². The highest BCUT2D eigenvalue weighted by Crippen LogP contribution is 2.17. The number of carbonyl (C=O) groups excluding carboxylic acids is 3. The van der Waals surface area contributed by atoms with Crippen LogP contribution in [0.3, 0.4) is 0 Å². The zero-order valence-corrected chi connectivity index (χ0v) is 45.1. The van der Waals surface area contributed by atoms with Gasteiger partial charge in [-0.2, -0.15) is 0 Å². The van der Waals surface area contributed by atoms with E-state index in [9.17, 15) is 14.4 Å². The van der Waals surface area contributed by atoms with Crippen LogP contribution < -0.4 is 0 Å². The summed E-state index contributed by atoms with van der Waals surface area (Å²) >= 11 is 0. The number of allylic oxidation sites excluding steroid dienone is 10. The second kappa shape index (κ2) is 56.7. The van der Waals surface area contributed by atoms with Crippen molar-refractivity contribution in [3.8, 4) is 0 Å². The third kappa shape index (κ3) is 54.1. The van der Waals surface area contributed by atoms with E-state index in [4.69, 9.17) is 14.2 Å². The van der Waals surface area contributed by atoms with Crippen LogP contribution in [0.2, 0.25) is 0 Å². The minimum absolute atomic E-state index is 0.0743. The van der Waals surface area contributed by atoms with E-state index in [-0.39, 0.29) is 31.1 Å². The number of hydrogen-bond donors (Lipinski definition) is 0. The van der Waals surface area contributed by atoms with E-state index in [1.54, 1.807) is 0 Å². The molecule has 0 spiro atoms. The number of hydrogen-bond acceptors (Lipinski definition) is 6. The van der Waals surface area contributed by atoms with E-state index in [0.717, 1.165) is 96.3 Å². The maximum absolute atomic E-state index is 12.8. The van der Waals surface area contributed by atoms with Crippen LogP contribution >= 0.6 is 0 Å². The molecule has 0 saturated heterocycles. The molecule has 0 aliphatic heterocycles. The van der Waals surface area contributed by atoms with Gasteiger partial charge in [-0.15, -0.1) is 0 Å². The lowest BCUT2D eigenvalue weighted by Gasteiger charge is -2.18. The smallest absolute Gasteiger partial charge is 0.306 e. The van der Waals surface area contributed by atoms with Crippen molar-refractivity contribution < 1.29 is 28.6 Å². The molecule has 0 aliphatic carbocycles. The molecule has 0 aromatic heterocycles. The topological polar surface area (TPSA) is 78.9 Å². The first-order chi connectivity index (χ1) is 33.5. The molecule has 0 fully saturated rings. The molecule has 0 radical (unpaired) electrons. The molecular formula is C62H110O6. The number of ether oxygens (including phenoxy) is 3. The monoisotopic (exact) mass is 951 g/mol. The Bertz CT molecular complexity index is 1230. The largest absolute Gasteiger partial charge is 0.462 e. The molecule has 0 heterocycles. The van der Waals surface area contributed by atoms with Crippen LogP contribution in [0.5, 0.6) is 0 Å². The molecule has 0 aliphatic rings. The average molecular weight is 952 g/mol. The fourth-order valence-electron chi connectivity index (χ4n) is 8.41. The van der Waals surface area contributed by atoms with Gasteiger partial charge in [0.2, 0.25) is 0 Å². The first kappa shape index (κ1) is 65.1. The van der Waals surface area contributed by atoms with E-state index < -0.39 is 6.10 Å². The normalized spacial score (nSPS) is 12.5. The van der Waals surface area contributed by atoms with Gasteiger partial charge in [-0.3, -0.25) is 14.4 Å². The Hall–Kier alpha value is -2.89. The lowest BCUT2D eigenvalue weighted by molar-refractivity contribution is -0.167. The standard InChI is InChI=1S/C62H110O6/c1-4-7-10-13-16-19-21-23-25-27-29-30-31-32-34-35-37-39-41-43-46-49-52-55-61(64)67-58-59(57-66-60(63)54-51-48-45-18-15-12-9-6-3)68-62(65)56-53-50-47-44-42-40-38-36-33-28-26-24-22-20-17-14-11-8-5-2/h7,10,16,19,23,25,29-30,32,34,59H,4-6,8-9,11-15,17-18,20-22,24,26-28,31,33,35-58H2,1-3H3/b10-7-,19-16-,25-23-,30-29-,34-32-. The molecule has 1 unspecified atom stereocenters. The summed E-state index contributed by atoms with van der Waals surface area (Å²) in [5.41, 5.74) is 0.